The van der Waals surface area contributed by atoms with E-state index < -0.39 is 0 Å². The first-order valence-electron chi connectivity index (χ1n) is 13.9. The number of amides is 2. The van der Waals surface area contributed by atoms with E-state index >= 15 is 0 Å². The quantitative estimate of drug-likeness (QED) is 0.232. The number of unbranched alkanes of at least 4 members (excludes halogenated alkanes) is 10. The van der Waals surface area contributed by atoms with Gasteiger partial charge in [0.05, 0.1) is 6.61 Å². The minimum absolute atomic E-state index is 0.223. The first-order chi connectivity index (χ1) is 16.0. The topological polar surface area (TPSA) is 61.9 Å². The standard InChI is InChI=1S/C27H53N3O3/c1-4-5-6-7-8-9-10-11-12-13-14-19-26(31)30-23-16-15-18-25(30)20-24-33-27(32)28-21-17-22-29(2)3/h25H,4-24H2,1-3H3,(H,28,32). The van der Waals surface area contributed by atoms with Crippen molar-refractivity contribution >= 4 is 12.0 Å². The lowest BCUT2D eigenvalue weighted by atomic mass is 9.98. The molecule has 1 rings (SSSR count). The van der Waals surface area contributed by atoms with Gasteiger partial charge in [0.25, 0.3) is 0 Å². The van der Waals surface area contributed by atoms with Crippen LogP contribution in [0.1, 0.15) is 116 Å². The fourth-order valence-corrected chi connectivity index (χ4v) is 4.64. The highest BCUT2D eigenvalue weighted by atomic mass is 16.5. The van der Waals surface area contributed by atoms with Crippen molar-refractivity contribution in [3.8, 4) is 0 Å². The minimum atomic E-state index is -0.344. The lowest BCUT2D eigenvalue weighted by Crippen LogP contribution is -2.44. The van der Waals surface area contributed by atoms with Crippen LogP contribution in [0.2, 0.25) is 0 Å². The second-order valence-corrected chi connectivity index (χ2v) is 10.0. The summed E-state index contributed by atoms with van der Waals surface area (Å²) < 4.78 is 5.35. The predicted octanol–water partition coefficient (Wildman–Crippen LogP) is 6.14. The van der Waals surface area contributed by atoms with Gasteiger partial charge >= 0.3 is 6.09 Å². The maximum absolute atomic E-state index is 12.8. The van der Waals surface area contributed by atoms with Crippen molar-refractivity contribution in [3.63, 3.8) is 0 Å². The largest absolute Gasteiger partial charge is 0.449 e. The van der Waals surface area contributed by atoms with Crippen LogP contribution in [-0.4, -0.2) is 68.2 Å². The third-order valence-electron chi connectivity index (χ3n) is 6.68. The smallest absolute Gasteiger partial charge is 0.407 e. The normalized spacial score (nSPS) is 16.2. The van der Waals surface area contributed by atoms with Gasteiger partial charge in [-0.15, -0.1) is 0 Å². The lowest BCUT2D eigenvalue weighted by Gasteiger charge is -2.36. The summed E-state index contributed by atoms with van der Waals surface area (Å²) in [6.45, 7) is 5.08. The number of carbonyl (C=O) groups excluding carboxylic acids is 2. The monoisotopic (exact) mass is 467 g/mol. The molecule has 0 spiro atoms. The lowest BCUT2D eigenvalue weighted by molar-refractivity contribution is -0.135. The molecule has 0 saturated carbocycles. The van der Waals surface area contributed by atoms with E-state index in [1.165, 1.54) is 57.8 Å². The zero-order chi connectivity index (χ0) is 24.2. The summed E-state index contributed by atoms with van der Waals surface area (Å²) in [5, 5.41) is 2.81. The van der Waals surface area contributed by atoms with Crippen molar-refractivity contribution in [2.75, 3.05) is 40.3 Å². The Morgan fingerprint density at radius 2 is 1.55 bits per heavy atom. The number of ether oxygens (including phenoxy) is 1. The molecule has 1 aliphatic heterocycles. The number of alkyl carbamates (subject to hydrolysis) is 1. The van der Waals surface area contributed by atoms with Crippen LogP contribution in [0.4, 0.5) is 4.79 Å². The van der Waals surface area contributed by atoms with Gasteiger partial charge < -0.3 is 19.9 Å². The van der Waals surface area contributed by atoms with E-state index in [-0.39, 0.29) is 12.1 Å². The molecule has 194 valence electrons. The van der Waals surface area contributed by atoms with Gasteiger partial charge in [-0.3, -0.25) is 4.79 Å². The van der Waals surface area contributed by atoms with Gasteiger partial charge in [-0.2, -0.15) is 0 Å². The predicted molar refractivity (Wildman–Crippen MR) is 138 cm³/mol. The summed E-state index contributed by atoms with van der Waals surface area (Å²) in [6.07, 6.45) is 19.6. The number of nitrogens with one attached hydrogen (secondary N) is 1. The van der Waals surface area contributed by atoms with E-state index in [2.05, 4.69) is 22.0 Å². The average Bonchev–Trinajstić information content (AvgIpc) is 2.80. The van der Waals surface area contributed by atoms with Gasteiger partial charge in [0.2, 0.25) is 5.91 Å². The highest BCUT2D eigenvalue weighted by molar-refractivity contribution is 5.76. The Kier molecular flexibility index (Phi) is 18.1. The molecular weight excluding hydrogens is 414 g/mol. The Balaban J connectivity index is 2.10. The van der Waals surface area contributed by atoms with Crippen LogP contribution < -0.4 is 5.32 Å². The van der Waals surface area contributed by atoms with Crippen LogP contribution >= 0.6 is 0 Å². The molecule has 0 aromatic carbocycles. The molecular formula is C27H53N3O3. The van der Waals surface area contributed by atoms with E-state index in [1.807, 2.05) is 14.1 Å². The third kappa shape index (κ3) is 16.0. The summed E-state index contributed by atoms with van der Waals surface area (Å²) in [6, 6.07) is 0.223. The molecule has 0 bridgehead atoms. The molecule has 6 heteroatoms. The van der Waals surface area contributed by atoms with Gasteiger partial charge in [0.1, 0.15) is 0 Å². The van der Waals surface area contributed by atoms with Crippen molar-refractivity contribution < 1.29 is 14.3 Å². The van der Waals surface area contributed by atoms with Crippen LogP contribution in [0.15, 0.2) is 0 Å². The fraction of sp³-hybridized carbons (Fsp3) is 0.926. The summed E-state index contributed by atoms with van der Waals surface area (Å²) in [7, 11) is 4.04. The molecule has 33 heavy (non-hydrogen) atoms. The second kappa shape index (κ2) is 20.1. The van der Waals surface area contributed by atoms with Gasteiger partial charge in [0.15, 0.2) is 0 Å². The van der Waals surface area contributed by atoms with Gasteiger partial charge in [-0.05, 0) is 52.7 Å². The van der Waals surface area contributed by atoms with Gasteiger partial charge in [-0.25, -0.2) is 4.79 Å². The molecule has 1 atom stereocenters. The third-order valence-corrected chi connectivity index (χ3v) is 6.68. The summed E-state index contributed by atoms with van der Waals surface area (Å²) >= 11 is 0. The van der Waals surface area contributed by atoms with Crippen LogP contribution in [-0.2, 0) is 9.53 Å². The van der Waals surface area contributed by atoms with E-state index in [0.717, 1.165) is 58.0 Å². The molecule has 1 unspecified atom stereocenters. The zero-order valence-electron chi connectivity index (χ0n) is 22.0. The Bertz CT molecular complexity index is 499. The summed E-state index contributed by atoms with van der Waals surface area (Å²) in [4.78, 5) is 28.8. The molecule has 0 aromatic rings. The Hall–Kier alpha value is -1.30. The van der Waals surface area contributed by atoms with Gasteiger partial charge in [-0.1, -0.05) is 71.1 Å². The van der Waals surface area contributed by atoms with Crippen molar-refractivity contribution in [2.24, 2.45) is 0 Å². The molecule has 0 aromatic heterocycles. The number of carbonyl (C=O) groups is 2. The highest BCUT2D eigenvalue weighted by Gasteiger charge is 2.26. The number of hydrogen-bond acceptors (Lipinski definition) is 4. The van der Waals surface area contributed by atoms with Crippen molar-refractivity contribution in [2.45, 2.75) is 122 Å². The van der Waals surface area contributed by atoms with E-state index in [1.54, 1.807) is 0 Å². The van der Waals surface area contributed by atoms with Crippen LogP contribution in [0.5, 0.6) is 0 Å². The Morgan fingerprint density at radius 1 is 0.909 bits per heavy atom. The molecule has 1 heterocycles. The maximum atomic E-state index is 12.8. The molecule has 2 amide bonds. The van der Waals surface area contributed by atoms with Crippen molar-refractivity contribution in [3.05, 3.63) is 0 Å². The highest BCUT2D eigenvalue weighted by Crippen LogP contribution is 2.21. The number of nitrogens with zero attached hydrogens (tertiary/aromatic N) is 2. The Morgan fingerprint density at radius 3 is 2.18 bits per heavy atom. The van der Waals surface area contributed by atoms with E-state index in [4.69, 9.17) is 4.74 Å². The zero-order valence-corrected chi connectivity index (χ0v) is 22.0. The molecule has 1 aliphatic rings. The number of piperidine rings is 1. The van der Waals surface area contributed by atoms with Crippen molar-refractivity contribution in [1.82, 2.24) is 15.1 Å². The van der Waals surface area contributed by atoms with E-state index in [9.17, 15) is 9.59 Å². The maximum Gasteiger partial charge on any atom is 0.407 e. The van der Waals surface area contributed by atoms with Gasteiger partial charge in [0, 0.05) is 32.0 Å². The number of hydrogen-bond donors (Lipinski definition) is 1. The second-order valence-electron chi connectivity index (χ2n) is 10.0. The molecule has 1 N–H and O–H groups in total. The van der Waals surface area contributed by atoms with Crippen LogP contribution in [0.3, 0.4) is 0 Å². The van der Waals surface area contributed by atoms with Crippen LogP contribution in [0.25, 0.3) is 0 Å². The molecule has 1 saturated heterocycles. The molecule has 6 nitrogen and oxygen atoms in total. The number of likely N-dealkylation sites (tertiary alicyclic amines) is 1. The van der Waals surface area contributed by atoms with Crippen LogP contribution in [0, 0.1) is 0 Å². The summed E-state index contributed by atoms with van der Waals surface area (Å²) in [5.41, 5.74) is 0. The number of rotatable bonds is 19. The minimum Gasteiger partial charge on any atom is -0.449 e. The first kappa shape index (κ1) is 29.7. The average molecular weight is 468 g/mol. The molecule has 0 aliphatic carbocycles. The van der Waals surface area contributed by atoms with E-state index in [0.29, 0.717) is 25.5 Å². The van der Waals surface area contributed by atoms with Crippen molar-refractivity contribution in [1.29, 1.82) is 0 Å². The molecule has 0 radical (unpaired) electrons. The Labute approximate surface area is 204 Å². The fourth-order valence-electron chi connectivity index (χ4n) is 4.64. The SMILES string of the molecule is CCCCCCCCCCCCCC(=O)N1CCCCC1CCOC(=O)NCCCN(C)C. The molecule has 1 fully saturated rings. The summed E-state index contributed by atoms with van der Waals surface area (Å²) in [5.74, 6) is 0.295. The first-order valence-corrected chi connectivity index (χ1v) is 13.9.